The minimum Gasteiger partial charge on any atom is -0.475 e. The fraction of sp³-hybridized carbons (Fsp3) is 0.611. The van der Waals surface area contributed by atoms with E-state index in [1.54, 1.807) is 0 Å². The van der Waals surface area contributed by atoms with Crippen molar-refractivity contribution in [2.75, 3.05) is 13.2 Å². The lowest BCUT2D eigenvalue weighted by Crippen LogP contribution is -2.57. The van der Waals surface area contributed by atoms with Crippen molar-refractivity contribution in [1.29, 1.82) is 0 Å². The van der Waals surface area contributed by atoms with Gasteiger partial charge < -0.3 is 19.7 Å². The average Bonchev–Trinajstić information content (AvgIpc) is 3.93. The van der Waals surface area contributed by atoms with Crippen LogP contribution in [0.25, 0.3) is 10.8 Å². The number of nitrogens with one attached hydrogen (secondary N) is 2. The smallest absolute Gasteiger partial charge is 0.259 e. The van der Waals surface area contributed by atoms with E-state index in [0.29, 0.717) is 17.7 Å². The SMILES string of the molecule is CC(C)Oc1cc2ccccc2c(O[C@@H]2C[C@H]3C(=O)N[C@]4(C(=O)NS(=O)(=O)C5(CF)CC5)C[C@H]4/C=C\CC[C@H](C)C[C@@H](C)CC(=O)N3C2)n1. The molecule has 1 aromatic heterocycles. The minimum atomic E-state index is -4.31. The van der Waals surface area contributed by atoms with Crippen LogP contribution in [-0.2, 0) is 24.4 Å². The van der Waals surface area contributed by atoms with Crippen molar-refractivity contribution in [2.24, 2.45) is 17.8 Å². The molecule has 2 saturated carbocycles. The Morgan fingerprint density at radius 1 is 1.16 bits per heavy atom. The van der Waals surface area contributed by atoms with Gasteiger partial charge in [0.25, 0.3) is 5.91 Å². The summed E-state index contributed by atoms with van der Waals surface area (Å²) in [4.78, 5) is 47.9. The lowest BCUT2D eigenvalue weighted by atomic mass is 9.91. The second-order valence-electron chi connectivity index (χ2n) is 14.9. The Hall–Kier alpha value is -3.74. The molecule has 0 unspecified atom stereocenters. The summed E-state index contributed by atoms with van der Waals surface area (Å²) >= 11 is 0. The Balaban J connectivity index is 1.29. The number of alkyl halides is 1. The van der Waals surface area contributed by atoms with Gasteiger partial charge in [-0.15, -0.1) is 0 Å². The van der Waals surface area contributed by atoms with Crippen LogP contribution in [-0.4, -0.2) is 77.8 Å². The number of benzene rings is 1. The molecule has 0 radical (unpaired) electrons. The Labute approximate surface area is 287 Å². The second kappa shape index (κ2) is 13.5. The quantitative estimate of drug-likeness (QED) is 0.381. The summed E-state index contributed by atoms with van der Waals surface area (Å²) in [7, 11) is -4.31. The summed E-state index contributed by atoms with van der Waals surface area (Å²) in [5.41, 5.74) is -1.54. The largest absolute Gasteiger partial charge is 0.475 e. The molecule has 1 saturated heterocycles. The Morgan fingerprint density at radius 2 is 1.92 bits per heavy atom. The lowest BCUT2D eigenvalue weighted by molar-refractivity contribution is -0.140. The number of halogens is 1. The topological polar surface area (TPSA) is 144 Å². The van der Waals surface area contributed by atoms with Gasteiger partial charge in [0.2, 0.25) is 33.6 Å². The van der Waals surface area contributed by atoms with Crippen LogP contribution in [0.5, 0.6) is 11.8 Å². The summed E-state index contributed by atoms with van der Waals surface area (Å²) in [6.07, 6.45) is 6.39. The number of hydrogen-bond acceptors (Lipinski definition) is 8. The zero-order chi connectivity index (χ0) is 35.1. The number of ether oxygens (including phenoxy) is 2. The van der Waals surface area contributed by atoms with E-state index in [0.717, 1.165) is 30.0 Å². The summed E-state index contributed by atoms with van der Waals surface area (Å²) < 4.78 is 52.6. The molecular weight excluding hydrogens is 651 g/mol. The van der Waals surface area contributed by atoms with Crippen LogP contribution in [0.3, 0.4) is 0 Å². The van der Waals surface area contributed by atoms with Gasteiger partial charge in [-0.25, -0.2) is 12.8 Å². The fourth-order valence-corrected chi connectivity index (χ4v) is 8.69. The molecule has 13 heteroatoms. The van der Waals surface area contributed by atoms with Crippen LogP contribution >= 0.6 is 0 Å². The zero-order valence-corrected chi connectivity index (χ0v) is 29.4. The molecule has 266 valence electrons. The van der Waals surface area contributed by atoms with Gasteiger partial charge in [-0.05, 0) is 75.7 Å². The molecule has 2 aromatic rings. The molecule has 49 heavy (non-hydrogen) atoms. The fourth-order valence-electron chi connectivity index (χ4n) is 7.26. The third-order valence-electron chi connectivity index (χ3n) is 10.3. The number of pyridine rings is 1. The second-order valence-corrected chi connectivity index (χ2v) is 16.9. The highest BCUT2D eigenvalue weighted by Crippen LogP contribution is 2.48. The number of amides is 3. The highest BCUT2D eigenvalue weighted by Gasteiger charge is 2.64. The first kappa shape index (κ1) is 35.1. The van der Waals surface area contributed by atoms with E-state index >= 15 is 0 Å². The Morgan fingerprint density at radius 3 is 2.63 bits per heavy atom. The molecule has 6 rings (SSSR count). The van der Waals surface area contributed by atoms with Crippen LogP contribution in [0.1, 0.15) is 79.1 Å². The van der Waals surface area contributed by atoms with Crippen molar-refractivity contribution in [1.82, 2.24) is 19.9 Å². The number of fused-ring (bicyclic) bond motifs is 3. The molecule has 2 N–H and O–H groups in total. The van der Waals surface area contributed by atoms with Crippen molar-refractivity contribution in [3.63, 3.8) is 0 Å². The third kappa shape index (κ3) is 7.27. The number of allylic oxidation sites excluding steroid dienone is 1. The van der Waals surface area contributed by atoms with Gasteiger partial charge in [0.05, 0.1) is 12.6 Å². The van der Waals surface area contributed by atoms with Gasteiger partial charge in [0, 0.05) is 30.2 Å². The van der Waals surface area contributed by atoms with Gasteiger partial charge in [0.1, 0.15) is 29.1 Å². The van der Waals surface area contributed by atoms with Crippen molar-refractivity contribution in [3.05, 3.63) is 42.5 Å². The summed E-state index contributed by atoms with van der Waals surface area (Å²) in [5, 5.41) is 4.48. The van der Waals surface area contributed by atoms with Crippen molar-refractivity contribution < 1.29 is 36.7 Å². The predicted molar refractivity (Wildman–Crippen MR) is 182 cm³/mol. The van der Waals surface area contributed by atoms with Gasteiger partial charge >= 0.3 is 0 Å². The maximum atomic E-state index is 14.2. The normalized spacial score (nSPS) is 30.7. The molecule has 11 nitrogen and oxygen atoms in total. The highest BCUT2D eigenvalue weighted by atomic mass is 32.2. The number of sulfonamides is 1. The molecular formula is C36H47FN4O7S. The Bertz CT molecular complexity index is 1750. The first-order valence-corrected chi connectivity index (χ1v) is 18.9. The molecule has 3 amide bonds. The van der Waals surface area contributed by atoms with Crippen LogP contribution in [0.4, 0.5) is 4.39 Å². The number of carbonyl (C=O) groups is 3. The molecule has 2 aliphatic carbocycles. The number of carbonyl (C=O) groups excluding carboxylic acids is 3. The van der Waals surface area contributed by atoms with Gasteiger partial charge in [0.15, 0.2) is 0 Å². The minimum absolute atomic E-state index is 0.0803. The monoisotopic (exact) mass is 698 g/mol. The Kier molecular flexibility index (Phi) is 9.69. The van der Waals surface area contributed by atoms with E-state index in [1.807, 2.05) is 63.3 Å². The molecule has 0 bridgehead atoms. The van der Waals surface area contributed by atoms with Gasteiger partial charge in [-0.2, -0.15) is 4.98 Å². The number of nitrogens with zero attached hydrogens (tertiary/aromatic N) is 2. The number of aromatic nitrogens is 1. The first-order chi connectivity index (χ1) is 23.3. The van der Waals surface area contributed by atoms with Crippen LogP contribution in [0.2, 0.25) is 0 Å². The number of hydrogen-bond donors (Lipinski definition) is 2. The van der Waals surface area contributed by atoms with Crippen molar-refractivity contribution >= 4 is 38.5 Å². The molecule has 3 heterocycles. The van der Waals surface area contributed by atoms with E-state index in [4.69, 9.17) is 9.47 Å². The lowest BCUT2D eigenvalue weighted by Gasteiger charge is -2.28. The molecule has 2 aliphatic heterocycles. The van der Waals surface area contributed by atoms with Gasteiger partial charge in [-0.3, -0.25) is 19.1 Å². The highest BCUT2D eigenvalue weighted by molar-refractivity contribution is 7.91. The molecule has 0 spiro atoms. The first-order valence-electron chi connectivity index (χ1n) is 17.4. The van der Waals surface area contributed by atoms with Crippen molar-refractivity contribution in [2.45, 2.75) is 108 Å². The molecule has 4 aliphatic rings. The molecule has 6 atom stereocenters. The average molecular weight is 699 g/mol. The molecule has 3 fully saturated rings. The van der Waals surface area contributed by atoms with Gasteiger partial charge in [-0.1, -0.05) is 44.2 Å². The zero-order valence-electron chi connectivity index (χ0n) is 28.6. The molecule has 1 aromatic carbocycles. The van der Waals surface area contributed by atoms with E-state index < -0.39 is 56.9 Å². The van der Waals surface area contributed by atoms with Crippen molar-refractivity contribution in [3.8, 4) is 11.8 Å². The third-order valence-corrected chi connectivity index (χ3v) is 12.5. The maximum absolute atomic E-state index is 14.2. The van der Waals surface area contributed by atoms with E-state index in [1.165, 1.54) is 4.90 Å². The summed E-state index contributed by atoms with van der Waals surface area (Å²) in [6.45, 7) is 7.02. The number of rotatable bonds is 8. The maximum Gasteiger partial charge on any atom is 0.259 e. The summed E-state index contributed by atoms with van der Waals surface area (Å²) in [6, 6.07) is 8.46. The standard InChI is InChI=1S/C36H47FN4O7S/c1-22(2)47-30-17-25-10-6-8-12-28(25)33(38-30)48-27-18-29-32(43)39-36(34(44)40-49(45,46)35(21-37)13-14-35)19-26(36)11-7-5-9-23(3)15-24(4)16-31(42)41(29)20-27/h6-8,10-12,17,22-24,26-27,29H,5,9,13-16,18-21H2,1-4H3,(H,39,43)(H,40,44)/b11-7-/t23-,24+,26+,27+,29-,36+/m0/s1. The van der Waals surface area contributed by atoms with E-state index in [2.05, 4.69) is 21.9 Å². The summed E-state index contributed by atoms with van der Waals surface area (Å²) in [5.74, 6) is -0.962. The van der Waals surface area contributed by atoms with E-state index in [-0.39, 0.29) is 56.6 Å². The predicted octanol–water partition coefficient (Wildman–Crippen LogP) is 4.60. The van der Waals surface area contributed by atoms with Crippen LogP contribution in [0.15, 0.2) is 42.5 Å². The van der Waals surface area contributed by atoms with Crippen LogP contribution < -0.4 is 19.5 Å². The van der Waals surface area contributed by atoms with E-state index in [9.17, 15) is 27.2 Å². The van der Waals surface area contributed by atoms with Crippen LogP contribution in [0, 0.1) is 17.8 Å².